The number of carboxylic acids is 1. The van der Waals surface area contributed by atoms with Crippen molar-refractivity contribution in [1.82, 2.24) is 5.32 Å². The Hall–Kier alpha value is -0.650. The summed E-state index contributed by atoms with van der Waals surface area (Å²) in [5.41, 5.74) is -0.736. The lowest BCUT2D eigenvalue weighted by Crippen LogP contribution is -2.45. The molecular formula is C15H27NO4. The summed E-state index contributed by atoms with van der Waals surface area (Å²) in [7, 11) is 0. The zero-order valence-corrected chi connectivity index (χ0v) is 12.1. The average Bonchev–Trinajstić information content (AvgIpc) is 2.41. The topological polar surface area (TPSA) is 89.8 Å². The molecule has 0 unspecified atom stereocenters. The third-order valence-corrected chi connectivity index (χ3v) is 4.97. The Bertz CT molecular complexity index is 318. The number of aliphatic hydroxyl groups is 2. The van der Waals surface area contributed by atoms with Gasteiger partial charge in [-0.2, -0.15) is 0 Å². The van der Waals surface area contributed by atoms with Crippen LogP contribution in [0.25, 0.3) is 0 Å². The van der Waals surface area contributed by atoms with E-state index in [0.717, 1.165) is 32.2 Å². The van der Waals surface area contributed by atoms with Gasteiger partial charge in [-0.15, -0.1) is 0 Å². The maximum absolute atomic E-state index is 10.9. The molecule has 20 heavy (non-hydrogen) atoms. The second-order valence-corrected chi connectivity index (χ2v) is 6.64. The van der Waals surface area contributed by atoms with Gasteiger partial charge >= 0.3 is 5.97 Å². The Labute approximate surface area is 120 Å². The number of carbonyl (C=O) groups is 1. The highest BCUT2D eigenvalue weighted by Gasteiger charge is 2.35. The highest BCUT2D eigenvalue weighted by molar-refractivity contribution is 5.70. The minimum absolute atomic E-state index is 0.123. The van der Waals surface area contributed by atoms with E-state index >= 15 is 0 Å². The van der Waals surface area contributed by atoms with Crippen LogP contribution in [-0.2, 0) is 4.79 Å². The Morgan fingerprint density at radius 3 is 2.25 bits per heavy atom. The third kappa shape index (κ3) is 4.43. The Morgan fingerprint density at radius 2 is 1.70 bits per heavy atom. The molecule has 0 aliphatic heterocycles. The fourth-order valence-corrected chi connectivity index (χ4v) is 3.44. The van der Waals surface area contributed by atoms with Crippen LogP contribution in [0, 0.1) is 11.8 Å². The van der Waals surface area contributed by atoms with Crippen LogP contribution in [0.2, 0.25) is 0 Å². The van der Waals surface area contributed by atoms with Crippen LogP contribution in [-0.4, -0.2) is 46.1 Å². The summed E-state index contributed by atoms with van der Waals surface area (Å²) in [5.74, 6) is -0.423. The predicted molar refractivity (Wildman–Crippen MR) is 75.4 cm³/mol. The first-order valence-electron chi connectivity index (χ1n) is 7.82. The van der Waals surface area contributed by atoms with Gasteiger partial charge in [-0.3, -0.25) is 4.79 Å². The van der Waals surface area contributed by atoms with E-state index in [1.807, 2.05) is 0 Å². The standard InChI is InChI=1S/C15H27NO4/c17-13-3-1-11(2-4-13)9-16-10-15(20)7-5-12(6-8-15)14(18)19/h11-13,16-17,20H,1-10H2,(H,18,19). The van der Waals surface area contributed by atoms with E-state index in [9.17, 15) is 15.0 Å². The lowest BCUT2D eigenvalue weighted by atomic mass is 9.78. The van der Waals surface area contributed by atoms with Crippen molar-refractivity contribution in [1.29, 1.82) is 0 Å². The summed E-state index contributed by atoms with van der Waals surface area (Å²) < 4.78 is 0. The van der Waals surface area contributed by atoms with Gasteiger partial charge in [-0.05, 0) is 63.8 Å². The second kappa shape index (κ2) is 6.87. The molecule has 0 saturated heterocycles. The largest absolute Gasteiger partial charge is 0.481 e. The van der Waals surface area contributed by atoms with Crippen molar-refractivity contribution in [3.05, 3.63) is 0 Å². The molecule has 4 N–H and O–H groups in total. The molecule has 116 valence electrons. The molecule has 0 radical (unpaired) electrons. The molecule has 2 aliphatic carbocycles. The summed E-state index contributed by atoms with van der Waals surface area (Å²) in [5, 5.41) is 32.2. The van der Waals surface area contributed by atoms with Crippen molar-refractivity contribution < 1.29 is 20.1 Å². The Balaban J connectivity index is 1.65. The number of nitrogens with one attached hydrogen (secondary N) is 1. The molecule has 0 heterocycles. The smallest absolute Gasteiger partial charge is 0.306 e. The van der Waals surface area contributed by atoms with Crippen LogP contribution in [0.3, 0.4) is 0 Å². The minimum atomic E-state index is -0.736. The predicted octanol–water partition coefficient (Wildman–Crippen LogP) is 1.13. The normalized spacial score (nSPS) is 38.6. The number of aliphatic carboxylic acids is 1. The van der Waals surface area contributed by atoms with Crippen molar-refractivity contribution in [2.75, 3.05) is 13.1 Å². The molecule has 0 aromatic heterocycles. The fourth-order valence-electron chi connectivity index (χ4n) is 3.44. The van der Waals surface area contributed by atoms with E-state index < -0.39 is 11.6 Å². The molecule has 0 amide bonds. The maximum Gasteiger partial charge on any atom is 0.306 e. The summed E-state index contributed by atoms with van der Waals surface area (Å²) in [6.07, 6.45) is 6.03. The monoisotopic (exact) mass is 285 g/mol. The van der Waals surface area contributed by atoms with Crippen LogP contribution in [0.15, 0.2) is 0 Å². The first-order chi connectivity index (χ1) is 9.48. The molecule has 2 rings (SSSR count). The first kappa shape index (κ1) is 15.7. The average molecular weight is 285 g/mol. The lowest BCUT2D eigenvalue weighted by Gasteiger charge is -2.35. The highest BCUT2D eigenvalue weighted by Crippen LogP contribution is 2.32. The molecule has 2 fully saturated rings. The third-order valence-electron chi connectivity index (χ3n) is 4.97. The molecule has 2 aliphatic rings. The van der Waals surface area contributed by atoms with Gasteiger partial charge in [0.15, 0.2) is 0 Å². The summed E-state index contributed by atoms with van der Waals surface area (Å²) in [4.78, 5) is 10.9. The molecule has 5 nitrogen and oxygen atoms in total. The van der Waals surface area contributed by atoms with Gasteiger partial charge in [-0.25, -0.2) is 0 Å². The molecule has 0 aromatic carbocycles. The van der Waals surface area contributed by atoms with E-state index in [1.54, 1.807) is 0 Å². The second-order valence-electron chi connectivity index (χ2n) is 6.64. The molecule has 0 atom stereocenters. The van der Waals surface area contributed by atoms with Crippen molar-refractivity contribution >= 4 is 5.97 Å². The van der Waals surface area contributed by atoms with Crippen molar-refractivity contribution in [2.45, 2.75) is 63.1 Å². The van der Waals surface area contributed by atoms with Gasteiger partial charge in [0.1, 0.15) is 0 Å². The zero-order chi connectivity index (χ0) is 14.6. The maximum atomic E-state index is 10.9. The fraction of sp³-hybridized carbons (Fsp3) is 0.933. The minimum Gasteiger partial charge on any atom is -0.481 e. The van der Waals surface area contributed by atoms with E-state index in [0.29, 0.717) is 38.1 Å². The van der Waals surface area contributed by atoms with Gasteiger partial charge in [0.2, 0.25) is 0 Å². The summed E-state index contributed by atoms with van der Waals surface area (Å²) in [6, 6.07) is 0. The van der Waals surface area contributed by atoms with Crippen molar-refractivity contribution in [3.8, 4) is 0 Å². The highest BCUT2D eigenvalue weighted by atomic mass is 16.4. The summed E-state index contributed by atoms with van der Waals surface area (Å²) >= 11 is 0. The molecule has 0 spiro atoms. The summed E-state index contributed by atoms with van der Waals surface area (Å²) in [6.45, 7) is 1.44. The molecule has 5 heteroatoms. The number of rotatable bonds is 5. The molecule has 0 bridgehead atoms. The van der Waals surface area contributed by atoms with Crippen LogP contribution in [0.4, 0.5) is 0 Å². The van der Waals surface area contributed by atoms with E-state index in [4.69, 9.17) is 5.11 Å². The van der Waals surface area contributed by atoms with Crippen LogP contribution >= 0.6 is 0 Å². The van der Waals surface area contributed by atoms with Crippen LogP contribution in [0.1, 0.15) is 51.4 Å². The molecule has 2 saturated carbocycles. The zero-order valence-electron chi connectivity index (χ0n) is 12.1. The van der Waals surface area contributed by atoms with E-state index in [2.05, 4.69) is 5.32 Å². The number of carboxylic acid groups (broad SMARTS) is 1. The van der Waals surface area contributed by atoms with Gasteiger partial charge in [-0.1, -0.05) is 0 Å². The van der Waals surface area contributed by atoms with Gasteiger partial charge in [0.25, 0.3) is 0 Å². The molecule has 0 aromatic rings. The lowest BCUT2D eigenvalue weighted by molar-refractivity contribution is -0.144. The first-order valence-corrected chi connectivity index (χ1v) is 7.82. The molecular weight excluding hydrogens is 258 g/mol. The van der Waals surface area contributed by atoms with E-state index in [-0.39, 0.29) is 12.0 Å². The van der Waals surface area contributed by atoms with Crippen LogP contribution in [0.5, 0.6) is 0 Å². The quantitative estimate of drug-likeness (QED) is 0.608. The van der Waals surface area contributed by atoms with Gasteiger partial charge in [0.05, 0.1) is 17.6 Å². The van der Waals surface area contributed by atoms with Gasteiger partial charge in [0, 0.05) is 6.54 Å². The van der Waals surface area contributed by atoms with Crippen molar-refractivity contribution in [3.63, 3.8) is 0 Å². The Morgan fingerprint density at radius 1 is 1.10 bits per heavy atom. The Kier molecular flexibility index (Phi) is 5.41. The van der Waals surface area contributed by atoms with Gasteiger partial charge < -0.3 is 20.6 Å². The number of aliphatic hydroxyl groups excluding tert-OH is 1. The van der Waals surface area contributed by atoms with Crippen molar-refractivity contribution in [2.24, 2.45) is 11.8 Å². The van der Waals surface area contributed by atoms with Crippen LogP contribution < -0.4 is 5.32 Å². The number of hydrogen-bond donors (Lipinski definition) is 4. The SMILES string of the molecule is O=C(O)C1CCC(O)(CNCC2CCC(O)CC2)CC1. The number of hydrogen-bond acceptors (Lipinski definition) is 4. The van der Waals surface area contributed by atoms with E-state index in [1.165, 1.54) is 0 Å².